The van der Waals surface area contributed by atoms with Gasteiger partial charge in [-0.15, -0.1) is 0 Å². The minimum atomic E-state index is -0.508. The lowest BCUT2D eigenvalue weighted by Gasteiger charge is -2.04. The molecule has 0 spiro atoms. The van der Waals surface area contributed by atoms with Gasteiger partial charge in [0.15, 0.2) is 0 Å². The second kappa shape index (κ2) is 7.87. The molecule has 0 saturated heterocycles. The number of hydrogen-bond acceptors (Lipinski definition) is 5. The number of hydrazone groups is 1. The molecule has 0 aromatic heterocycles. The molecule has 2 aromatic rings. The van der Waals surface area contributed by atoms with Crippen LogP contribution in [0.4, 0.5) is 5.69 Å². The third-order valence-electron chi connectivity index (χ3n) is 3.36. The maximum atomic E-state index is 11.9. The highest BCUT2D eigenvalue weighted by atomic mass is 16.6. The van der Waals surface area contributed by atoms with Crippen LogP contribution in [0.3, 0.4) is 0 Å². The average molecular weight is 327 g/mol. The molecule has 0 bridgehead atoms. The van der Waals surface area contributed by atoms with Crippen molar-refractivity contribution in [2.75, 3.05) is 7.11 Å². The zero-order valence-electron chi connectivity index (χ0n) is 13.4. The normalized spacial score (nSPS) is 10.6. The Labute approximate surface area is 139 Å². The van der Waals surface area contributed by atoms with E-state index in [1.165, 1.54) is 12.3 Å². The summed E-state index contributed by atoms with van der Waals surface area (Å²) < 4.78 is 5.17. The van der Waals surface area contributed by atoms with Gasteiger partial charge in [0.25, 0.3) is 5.69 Å². The SMILES string of the molecule is COc1ccc(C=NNC(=O)Cc2ccccc2[N+](=O)[O-])cc1C. The molecule has 1 amide bonds. The molecule has 0 aliphatic rings. The molecule has 24 heavy (non-hydrogen) atoms. The Balaban J connectivity index is 1.98. The number of aryl methyl sites for hydroxylation is 1. The van der Waals surface area contributed by atoms with Crippen molar-refractivity contribution in [3.8, 4) is 5.75 Å². The van der Waals surface area contributed by atoms with E-state index in [0.717, 1.165) is 16.9 Å². The molecular weight excluding hydrogens is 310 g/mol. The molecule has 7 heteroatoms. The topological polar surface area (TPSA) is 93.8 Å². The van der Waals surface area contributed by atoms with Gasteiger partial charge >= 0.3 is 0 Å². The van der Waals surface area contributed by atoms with Gasteiger partial charge in [0.2, 0.25) is 5.91 Å². The number of hydrogen-bond donors (Lipinski definition) is 1. The summed E-state index contributed by atoms with van der Waals surface area (Å²) in [5.41, 5.74) is 4.39. The van der Waals surface area contributed by atoms with E-state index in [4.69, 9.17) is 4.74 Å². The summed E-state index contributed by atoms with van der Waals surface area (Å²) in [7, 11) is 1.60. The molecule has 0 atom stereocenters. The number of nitro benzene ring substituents is 1. The molecule has 1 N–H and O–H groups in total. The van der Waals surface area contributed by atoms with E-state index in [0.29, 0.717) is 5.56 Å². The van der Waals surface area contributed by atoms with E-state index in [1.807, 2.05) is 25.1 Å². The van der Waals surface area contributed by atoms with Crippen molar-refractivity contribution in [2.45, 2.75) is 13.3 Å². The van der Waals surface area contributed by atoms with Crippen LogP contribution in [0.2, 0.25) is 0 Å². The number of carbonyl (C=O) groups excluding carboxylic acids is 1. The third-order valence-corrected chi connectivity index (χ3v) is 3.36. The lowest BCUT2D eigenvalue weighted by molar-refractivity contribution is -0.385. The van der Waals surface area contributed by atoms with Crippen molar-refractivity contribution < 1.29 is 14.5 Å². The van der Waals surface area contributed by atoms with Crippen LogP contribution in [0.1, 0.15) is 16.7 Å². The monoisotopic (exact) mass is 327 g/mol. The van der Waals surface area contributed by atoms with Crippen LogP contribution in [0.15, 0.2) is 47.6 Å². The zero-order chi connectivity index (χ0) is 17.5. The van der Waals surface area contributed by atoms with Crippen molar-refractivity contribution in [3.05, 3.63) is 69.3 Å². The Hall–Kier alpha value is -3.22. The summed E-state index contributed by atoms with van der Waals surface area (Å²) >= 11 is 0. The van der Waals surface area contributed by atoms with Gasteiger partial charge in [-0.3, -0.25) is 14.9 Å². The molecule has 0 radical (unpaired) electrons. The number of amides is 1. The first kappa shape index (κ1) is 17.1. The fourth-order valence-corrected chi connectivity index (χ4v) is 2.21. The number of nitrogens with zero attached hydrogens (tertiary/aromatic N) is 2. The molecule has 124 valence electrons. The van der Waals surface area contributed by atoms with Crippen LogP contribution in [0.5, 0.6) is 5.75 Å². The summed E-state index contributed by atoms with van der Waals surface area (Å²) in [4.78, 5) is 22.3. The highest BCUT2D eigenvalue weighted by Gasteiger charge is 2.14. The first-order valence-electron chi connectivity index (χ1n) is 7.20. The van der Waals surface area contributed by atoms with E-state index < -0.39 is 10.8 Å². The van der Waals surface area contributed by atoms with Crippen LogP contribution in [0.25, 0.3) is 0 Å². The van der Waals surface area contributed by atoms with Crippen LogP contribution in [-0.2, 0) is 11.2 Å². The average Bonchev–Trinajstić information content (AvgIpc) is 2.55. The number of benzene rings is 2. The van der Waals surface area contributed by atoms with Gasteiger partial charge in [0.1, 0.15) is 5.75 Å². The van der Waals surface area contributed by atoms with Gasteiger partial charge in [-0.05, 0) is 36.2 Å². The van der Waals surface area contributed by atoms with Crippen molar-refractivity contribution >= 4 is 17.8 Å². The van der Waals surface area contributed by atoms with Gasteiger partial charge < -0.3 is 4.74 Å². The smallest absolute Gasteiger partial charge is 0.273 e. The van der Waals surface area contributed by atoms with Crippen molar-refractivity contribution in [1.29, 1.82) is 0 Å². The number of rotatable bonds is 6. The Morgan fingerprint density at radius 2 is 2.08 bits per heavy atom. The molecule has 7 nitrogen and oxygen atoms in total. The third kappa shape index (κ3) is 4.39. The molecule has 2 rings (SSSR count). The molecule has 0 unspecified atom stereocenters. The van der Waals surface area contributed by atoms with Gasteiger partial charge in [0, 0.05) is 11.6 Å². The Morgan fingerprint density at radius 1 is 1.33 bits per heavy atom. The van der Waals surface area contributed by atoms with Gasteiger partial charge in [-0.2, -0.15) is 5.10 Å². The van der Waals surface area contributed by atoms with E-state index in [9.17, 15) is 14.9 Å². The van der Waals surface area contributed by atoms with Crippen LogP contribution < -0.4 is 10.2 Å². The molecule has 0 saturated carbocycles. The minimum absolute atomic E-state index is 0.0811. The fraction of sp³-hybridized carbons (Fsp3) is 0.176. The van der Waals surface area contributed by atoms with E-state index in [-0.39, 0.29) is 12.1 Å². The summed E-state index contributed by atoms with van der Waals surface area (Å²) in [6.07, 6.45) is 1.39. The van der Waals surface area contributed by atoms with Crippen LogP contribution >= 0.6 is 0 Å². The van der Waals surface area contributed by atoms with Crippen molar-refractivity contribution in [3.63, 3.8) is 0 Å². The summed E-state index contributed by atoms with van der Waals surface area (Å²) in [6.45, 7) is 1.91. The maximum Gasteiger partial charge on any atom is 0.273 e. The standard InChI is InChI=1S/C17H17N3O4/c1-12-9-13(7-8-16(12)24-2)11-18-19-17(21)10-14-5-3-4-6-15(14)20(22)23/h3-9,11H,10H2,1-2H3,(H,19,21). The van der Waals surface area contributed by atoms with Crippen molar-refractivity contribution in [2.24, 2.45) is 5.10 Å². The first-order valence-corrected chi connectivity index (χ1v) is 7.20. The lowest BCUT2D eigenvalue weighted by Crippen LogP contribution is -2.20. The predicted molar refractivity (Wildman–Crippen MR) is 90.3 cm³/mol. The lowest BCUT2D eigenvalue weighted by atomic mass is 10.1. The minimum Gasteiger partial charge on any atom is -0.496 e. The highest BCUT2D eigenvalue weighted by molar-refractivity contribution is 5.84. The molecule has 0 aliphatic carbocycles. The fourth-order valence-electron chi connectivity index (χ4n) is 2.21. The zero-order valence-corrected chi connectivity index (χ0v) is 13.4. The summed E-state index contributed by atoms with van der Waals surface area (Å²) in [5, 5.41) is 14.8. The summed E-state index contributed by atoms with van der Waals surface area (Å²) in [5.74, 6) is 0.346. The van der Waals surface area contributed by atoms with Crippen molar-refractivity contribution in [1.82, 2.24) is 5.43 Å². The van der Waals surface area contributed by atoms with E-state index in [2.05, 4.69) is 10.5 Å². The van der Waals surface area contributed by atoms with Crippen LogP contribution in [0, 0.1) is 17.0 Å². The predicted octanol–water partition coefficient (Wildman–Crippen LogP) is 2.60. The number of nitro groups is 1. The number of methoxy groups -OCH3 is 1. The number of para-hydroxylation sites is 1. The van der Waals surface area contributed by atoms with Gasteiger partial charge in [-0.1, -0.05) is 18.2 Å². The number of carbonyl (C=O) groups is 1. The number of ether oxygens (including phenoxy) is 1. The maximum absolute atomic E-state index is 11.9. The Kier molecular flexibility index (Phi) is 5.62. The second-order valence-electron chi connectivity index (χ2n) is 5.08. The molecule has 0 fully saturated rings. The van der Waals surface area contributed by atoms with Gasteiger partial charge in [0.05, 0.1) is 24.7 Å². The first-order chi connectivity index (χ1) is 11.5. The molecule has 2 aromatic carbocycles. The van der Waals surface area contributed by atoms with E-state index in [1.54, 1.807) is 25.3 Å². The largest absolute Gasteiger partial charge is 0.496 e. The van der Waals surface area contributed by atoms with E-state index >= 15 is 0 Å². The second-order valence-corrected chi connectivity index (χ2v) is 5.08. The number of nitrogens with one attached hydrogen (secondary N) is 1. The summed E-state index contributed by atoms with van der Waals surface area (Å²) in [6, 6.07) is 11.6. The Bertz CT molecular complexity index is 787. The van der Waals surface area contributed by atoms with Crippen LogP contribution in [-0.4, -0.2) is 24.2 Å². The molecular formula is C17H17N3O4. The quantitative estimate of drug-likeness (QED) is 0.501. The highest BCUT2D eigenvalue weighted by Crippen LogP contribution is 2.18. The molecule has 0 heterocycles. The van der Waals surface area contributed by atoms with Gasteiger partial charge in [-0.25, -0.2) is 5.43 Å². The molecule has 0 aliphatic heterocycles. The Morgan fingerprint density at radius 3 is 2.75 bits per heavy atom.